The molecule has 1 heterocycles. The van der Waals surface area contributed by atoms with Gasteiger partial charge in [0.2, 0.25) is 0 Å². The van der Waals surface area contributed by atoms with Crippen LogP contribution in [0.15, 0.2) is 18.2 Å². The zero-order valence-corrected chi connectivity index (χ0v) is 13.7. The smallest absolute Gasteiger partial charge is 0.263 e. The average molecular weight is 340 g/mol. The van der Waals surface area contributed by atoms with Crippen LogP contribution in [0.3, 0.4) is 0 Å². The van der Waals surface area contributed by atoms with E-state index in [4.69, 9.17) is 5.11 Å². The second kappa shape index (κ2) is 7.61. The van der Waals surface area contributed by atoms with Crippen molar-refractivity contribution >= 4 is 17.2 Å². The van der Waals surface area contributed by atoms with Crippen molar-refractivity contribution in [2.24, 2.45) is 5.92 Å². The zero-order valence-electron chi connectivity index (χ0n) is 12.9. The molecule has 0 bridgehead atoms. The highest BCUT2D eigenvalue weighted by atomic mass is 32.1. The molecule has 1 aromatic heterocycles. The standard InChI is InChI=1S/C16H18F2N2O2S/c1-9(5-6-21)8-19-15(22)14-10(2)20-16(23-14)11-3-4-12(17)13(18)7-11/h3-4,7,9,21H,5-6,8H2,1-2H3,(H,19,22). The second-order valence-electron chi connectivity index (χ2n) is 5.39. The minimum absolute atomic E-state index is 0.0803. The Bertz CT molecular complexity index is 703. The van der Waals surface area contributed by atoms with Gasteiger partial charge in [-0.3, -0.25) is 4.79 Å². The lowest BCUT2D eigenvalue weighted by Crippen LogP contribution is -2.28. The lowest BCUT2D eigenvalue weighted by Gasteiger charge is -2.10. The number of aryl methyl sites for hydroxylation is 1. The van der Waals surface area contributed by atoms with Crippen LogP contribution in [0.25, 0.3) is 10.6 Å². The first-order valence-electron chi connectivity index (χ1n) is 7.24. The van der Waals surface area contributed by atoms with Crippen LogP contribution in [0.1, 0.15) is 28.7 Å². The van der Waals surface area contributed by atoms with E-state index in [1.807, 2.05) is 6.92 Å². The third kappa shape index (κ3) is 4.33. The van der Waals surface area contributed by atoms with Gasteiger partial charge >= 0.3 is 0 Å². The maximum absolute atomic E-state index is 13.3. The van der Waals surface area contributed by atoms with E-state index in [-0.39, 0.29) is 18.4 Å². The maximum atomic E-state index is 13.3. The van der Waals surface area contributed by atoms with Crippen LogP contribution in [0, 0.1) is 24.5 Å². The van der Waals surface area contributed by atoms with E-state index in [0.717, 1.165) is 23.5 Å². The van der Waals surface area contributed by atoms with Gasteiger partial charge in [-0.2, -0.15) is 0 Å². The van der Waals surface area contributed by atoms with E-state index in [1.54, 1.807) is 6.92 Å². The summed E-state index contributed by atoms with van der Waals surface area (Å²) in [6.07, 6.45) is 0.613. The minimum atomic E-state index is -0.945. The number of halogens is 2. The molecule has 0 saturated carbocycles. The molecule has 0 radical (unpaired) electrons. The molecule has 0 saturated heterocycles. The highest BCUT2D eigenvalue weighted by Crippen LogP contribution is 2.28. The van der Waals surface area contributed by atoms with E-state index >= 15 is 0 Å². The Hall–Kier alpha value is -1.86. The van der Waals surface area contributed by atoms with Gasteiger partial charge in [0.25, 0.3) is 5.91 Å². The van der Waals surface area contributed by atoms with E-state index in [9.17, 15) is 13.6 Å². The summed E-state index contributed by atoms with van der Waals surface area (Å²) in [6, 6.07) is 3.54. The highest BCUT2D eigenvalue weighted by molar-refractivity contribution is 7.17. The predicted octanol–water partition coefficient (Wildman–Crippen LogP) is 3.15. The number of carbonyl (C=O) groups excluding carboxylic acids is 1. The Morgan fingerprint density at radius 2 is 2.13 bits per heavy atom. The molecule has 0 spiro atoms. The number of aliphatic hydroxyl groups is 1. The lowest BCUT2D eigenvalue weighted by molar-refractivity contribution is 0.0948. The van der Waals surface area contributed by atoms with Gasteiger partial charge < -0.3 is 10.4 Å². The predicted molar refractivity (Wildman–Crippen MR) is 85.4 cm³/mol. The molecule has 4 nitrogen and oxygen atoms in total. The van der Waals surface area contributed by atoms with Crippen LogP contribution in [0.4, 0.5) is 8.78 Å². The SMILES string of the molecule is Cc1nc(-c2ccc(F)c(F)c2)sc1C(=O)NCC(C)CCO. The molecule has 1 aromatic carbocycles. The Morgan fingerprint density at radius 1 is 1.39 bits per heavy atom. The Morgan fingerprint density at radius 3 is 2.78 bits per heavy atom. The van der Waals surface area contributed by atoms with Crippen molar-refractivity contribution in [3.8, 4) is 10.6 Å². The zero-order chi connectivity index (χ0) is 17.0. The topological polar surface area (TPSA) is 62.2 Å². The summed E-state index contributed by atoms with van der Waals surface area (Å²) in [5.74, 6) is -1.95. The molecule has 0 aliphatic heterocycles. The van der Waals surface area contributed by atoms with Gasteiger partial charge in [0, 0.05) is 18.7 Å². The van der Waals surface area contributed by atoms with Crippen LogP contribution < -0.4 is 5.32 Å². The molecule has 1 unspecified atom stereocenters. The first-order chi connectivity index (χ1) is 10.9. The van der Waals surface area contributed by atoms with Crippen molar-refractivity contribution in [2.45, 2.75) is 20.3 Å². The molecule has 2 aromatic rings. The van der Waals surface area contributed by atoms with Crippen molar-refractivity contribution in [1.29, 1.82) is 0 Å². The van der Waals surface area contributed by atoms with Gasteiger partial charge in [-0.1, -0.05) is 6.92 Å². The van der Waals surface area contributed by atoms with Crippen molar-refractivity contribution < 1.29 is 18.7 Å². The van der Waals surface area contributed by atoms with Gasteiger partial charge in [-0.25, -0.2) is 13.8 Å². The summed E-state index contributed by atoms with van der Waals surface area (Å²) in [4.78, 5) is 16.9. The summed E-state index contributed by atoms with van der Waals surface area (Å²) in [5, 5.41) is 12.1. The van der Waals surface area contributed by atoms with Gasteiger partial charge in [0.15, 0.2) is 11.6 Å². The van der Waals surface area contributed by atoms with Crippen LogP contribution in [-0.2, 0) is 0 Å². The van der Waals surface area contributed by atoms with Crippen molar-refractivity contribution in [2.75, 3.05) is 13.2 Å². The third-order valence-corrected chi connectivity index (χ3v) is 4.61. The fourth-order valence-electron chi connectivity index (χ4n) is 2.03. The average Bonchev–Trinajstić information content (AvgIpc) is 2.90. The minimum Gasteiger partial charge on any atom is -0.396 e. The van der Waals surface area contributed by atoms with E-state index in [0.29, 0.717) is 34.1 Å². The molecule has 1 atom stereocenters. The summed E-state index contributed by atoms with van der Waals surface area (Å²) >= 11 is 1.14. The molecule has 2 rings (SSSR count). The molecular formula is C16H18F2N2O2S. The molecule has 124 valence electrons. The Balaban J connectivity index is 2.14. The fourth-order valence-corrected chi connectivity index (χ4v) is 3.01. The number of aliphatic hydroxyl groups excluding tert-OH is 1. The fraction of sp³-hybridized carbons (Fsp3) is 0.375. The molecule has 1 amide bonds. The molecule has 7 heteroatoms. The Kier molecular flexibility index (Phi) is 5.79. The summed E-state index contributed by atoms with van der Waals surface area (Å²) in [6.45, 7) is 4.17. The quantitative estimate of drug-likeness (QED) is 0.849. The number of amides is 1. The van der Waals surface area contributed by atoms with Crippen LogP contribution in [0.5, 0.6) is 0 Å². The number of nitrogens with zero attached hydrogens (tertiary/aromatic N) is 1. The van der Waals surface area contributed by atoms with E-state index < -0.39 is 11.6 Å². The first-order valence-corrected chi connectivity index (χ1v) is 8.06. The van der Waals surface area contributed by atoms with Gasteiger partial charge in [-0.15, -0.1) is 11.3 Å². The summed E-state index contributed by atoms with van der Waals surface area (Å²) in [5.41, 5.74) is 0.978. The van der Waals surface area contributed by atoms with Crippen molar-refractivity contribution in [3.05, 3.63) is 40.4 Å². The van der Waals surface area contributed by atoms with Gasteiger partial charge in [-0.05, 0) is 37.5 Å². The number of benzene rings is 1. The number of hydrogen-bond donors (Lipinski definition) is 2. The van der Waals surface area contributed by atoms with Gasteiger partial charge in [0.05, 0.1) is 5.69 Å². The number of nitrogens with one attached hydrogen (secondary N) is 1. The first kappa shape index (κ1) is 17.5. The normalized spacial score (nSPS) is 12.2. The summed E-state index contributed by atoms with van der Waals surface area (Å²) < 4.78 is 26.3. The van der Waals surface area contributed by atoms with Gasteiger partial charge in [0.1, 0.15) is 9.88 Å². The number of hydrogen-bond acceptors (Lipinski definition) is 4. The van der Waals surface area contributed by atoms with Crippen molar-refractivity contribution in [3.63, 3.8) is 0 Å². The molecule has 2 N–H and O–H groups in total. The number of rotatable bonds is 6. The molecular weight excluding hydrogens is 322 g/mol. The maximum Gasteiger partial charge on any atom is 0.263 e. The Labute approximate surface area is 137 Å². The molecule has 0 fully saturated rings. The van der Waals surface area contributed by atoms with Crippen LogP contribution in [0.2, 0.25) is 0 Å². The monoisotopic (exact) mass is 340 g/mol. The largest absolute Gasteiger partial charge is 0.396 e. The highest BCUT2D eigenvalue weighted by Gasteiger charge is 2.17. The number of aromatic nitrogens is 1. The molecule has 23 heavy (non-hydrogen) atoms. The van der Waals surface area contributed by atoms with Crippen LogP contribution in [-0.4, -0.2) is 29.1 Å². The number of thiazole rings is 1. The van der Waals surface area contributed by atoms with Crippen molar-refractivity contribution in [1.82, 2.24) is 10.3 Å². The lowest BCUT2D eigenvalue weighted by atomic mass is 10.1. The van der Waals surface area contributed by atoms with E-state index in [1.165, 1.54) is 6.07 Å². The molecule has 0 aliphatic rings. The van der Waals surface area contributed by atoms with E-state index in [2.05, 4.69) is 10.3 Å². The summed E-state index contributed by atoms with van der Waals surface area (Å²) in [7, 11) is 0. The number of carbonyl (C=O) groups is 1. The molecule has 0 aliphatic carbocycles. The second-order valence-corrected chi connectivity index (χ2v) is 6.39. The third-order valence-electron chi connectivity index (χ3n) is 3.40. The van der Waals surface area contributed by atoms with Crippen LogP contribution >= 0.6 is 11.3 Å².